The van der Waals surface area contributed by atoms with Crippen molar-refractivity contribution >= 4 is 12.1 Å². The molecular weight excluding hydrogens is 132 g/mol. The maximum atomic E-state index is 10.8. The summed E-state index contributed by atoms with van der Waals surface area (Å²) in [6, 6.07) is 0. The number of hydrogen-bond donors (Lipinski definition) is 1. The van der Waals surface area contributed by atoms with Crippen LogP contribution in [0.4, 0.5) is 0 Å². The van der Waals surface area contributed by atoms with E-state index in [2.05, 4.69) is 4.99 Å². The molecule has 1 aliphatic heterocycles. The van der Waals surface area contributed by atoms with Crippen molar-refractivity contribution in [1.29, 1.82) is 0 Å². The normalized spacial score (nSPS) is 22.3. The predicted molar refractivity (Wildman–Crippen MR) is 36.8 cm³/mol. The minimum atomic E-state index is -0.392. The van der Waals surface area contributed by atoms with Crippen LogP contribution >= 0.6 is 0 Å². The van der Waals surface area contributed by atoms with Crippen molar-refractivity contribution in [3.8, 4) is 0 Å². The molecule has 0 atom stereocenters. The highest BCUT2D eigenvalue weighted by atomic mass is 16.2. The van der Waals surface area contributed by atoms with Crippen LogP contribution in [-0.4, -0.2) is 35.7 Å². The van der Waals surface area contributed by atoms with Gasteiger partial charge in [0, 0.05) is 13.3 Å². The van der Waals surface area contributed by atoms with E-state index in [-0.39, 0.29) is 5.70 Å². The molecule has 0 aromatic carbocycles. The number of aliphatic imine (C=N–C) groups is 1. The number of nitrogens with zero attached hydrogens (tertiary/aromatic N) is 2. The molecule has 0 radical (unpaired) electrons. The molecule has 1 N–H and O–H groups in total. The number of aliphatic hydroxyl groups excluding tert-OH is 1. The zero-order valence-electron chi connectivity index (χ0n) is 5.61. The van der Waals surface area contributed by atoms with Gasteiger partial charge in [-0.05, 0) is 0 Å². The third-order valence-electron chi connectivity index (χ3n) is 1.32. The Kier molecular flexibility index (Phi) is 1.71. The van der Waals surface area contributed by atoms with Gasteiger partial charge in [-0.1, -0.05) is 0 Å². The van der Waals surface area contributed by atoms with Gasteiger partial charge in [0.15, 0.2) is 0 Å². The molecule has 0 saturated carbocycles. The number of carbonyl (C=O) groups excluding carboxylic acids is 1. The van der Waals surface area contributed by atoms with Crippen LogP contribution in [0.1, 0.15) is 0 Å². The van der Waals surface area contributed by atoms with Gasteiger partial charge >= 0.3 is 0 Å². The summed E-state index contributed by atoms with van der Waals surface area (Å²) in [4.78, 5) is 15.9. The number of carbonyl (C=O) groups is 1. The maximum absolute atomic E-state index is 10.8. The van der Waals surface area contributed by atoms with Crippen LogP contribution in [0.15, 0.2) is 17.0 Å². The molecule has 10 heavy (non-hydrogen) atoms. The molecule has 0 spiro atoms. The highest BCUT2D eigenvalue weighted by Crippen LogP contribution is 2.05. The zero-order valence-corrected chi connectivity index (χ0v) is 5.61. The fourth-order valence-corrected chi connectivity index (χ4v) is 0.728. The molecule has 0 bridgehead atoms. The fraction of sp³-hybridized carbons (Fsp3) is 0.333. The molecular formula is C6H8N2O2. The van der Waals surface area contributed by atoms with E-state index in [1.54, 1.807) is 11.9 Å². The van der Waals surface area contributed by atoms with Crippen molar-refractivity contribution in [2.45, 2.75) is 0 Å². The zero-order chi connectivity index (χ0) is 7.56. The van der Waals surface area contributed by atoms with Crippen molar-refractivity contribution in [3.63, 3.8) is 0 Å². The molecule has 0 saturated heterocycles. The highest BCUT2D eigenvalue weighted by molar-refractivity contribution is 6.00. The van der Waals surface area contributed by atoms with Crippen LogP contribution in [0.5, 0.6) is 0 Å². The predicted octanol–water partition coefficient (Wildman–Crippen LogP) is -0.0714. The number of aliphatic hydroxyl groups is 1. The van der Waals surface area contributed by atoms with Crippen molar-refractivity contribution in [3.05, 3.63) is 12.0 Å². The monoisotopic (exact) mass is 140 g/mol. The summed E-state index contributed by atoms with van der Waals surface area (Å²) < 4.78 is 0. The first kappa shape index (κ1) is 6.80. The van der Waals surface area contributed by atoms with Crippen molar-refractivity contribution in [1.82, 2.24) is 4.90 Å². The van der Waals surface area contributed by atoms with Gasteiger partial charge in [0.25, 0.3) is 5.91 Å². The summed E-state index contributed by atoms with van der Waals surface area (Å²) in [6.07, 6.45) is 2.29. The summed E-state index contributed by atoms with van der Waals surface area (Å²) >= 11 is 0. The molecule has 0 aliphatic carbocycles. The van der Waals surface area contributed by atoms with Gasteiger partial charge in [0.2, 0.25) is 0 Å². The molecule has 0 unspecified atom stereocenters. The van der Waals surface area contributed by atoms with Gasteiger partial charge < -0.3 is 10.0 Å². The van der Waals surface area contributed by atoms with Gasteiger partial charge in [-0.2, -0.15) is 0 Å². The number of likely N-dealkylation sites (N-methyl/N-ethyl adjacent to an activating group) is 1. The summed E-state index contributed by atoms with van der Waals surface area (Å²) in [5.74, 6) is -0.392. The third-order valence-corrected chi connectivity index (χ3v) is 1.32. The third kappa shape index (κ3) is 1.00. The Hall–Kier alpha value is -1.32. The van der Waals surface area contributed by atoms with Crippen LogP contribution < -0.4 is 0 Å². The lowest BCUT2D eigenvalue weighted by Gasteiger charge is -2.19. The summed E-state index contributed by atoms with van der Waals surface area (Å²) in [5.41, 5.74) is 0.238. The minimum Gasteiger partial charge on any atom is -0.513 e. The van der Waals surface area contributed by atoms with Gasteiger partial charge in [0.1, 0.15) is 12.0 Å². The van der Waals surface area contributed by atoms with E-state index < -0.39 is 5.91 Å². The van der Waals surface area contributed by atoms with E-state index in [1.807, 2.05) is 0 Å². The van der Waals surface area contributed by atoms with Gasteiger partial charge in [-0.15, -0.1) is 0 Å². The lowest BCUT2D eigenvalue weighted by molar-refractivity contribution is -0.116. The molecule has 0 fully saturated rings. The summed E-state index contributed by atoms with van der Waals surface area (Å²) in [5, 5.41) is 8.53. The van der Waals surface area contributed by atoms with E-state index in [0.717, 1.165) is 6.26 Å². The van der Waals surface area contributed by atoms with Crippen molar-refractivity contribution in [2.24, 2.45) is 4.99 Å². The SMILES string of the molecule is CN1CC=NC(=O)C1=CO. The second kappa shape index (κ2) is 2.51. The molecule has 4 heteroatoms. The molecule has 1 amide bonds. The maximum Gasteiger partial charge on any atom is 0.296 e. The quantitative estimate of drug-likeness (QED) is 0.378. The van der Waals surface area contributed by atoms with Crippen LogP contribution in [0.2, 0.25) is 0 Å². The lowest BCUT2D eigenvalue weighted by Crippen LogP contribution is -2.28. The van der Waals surface area contributed by atoms with Gasteiger partial charge in [0.05, 0.1) is 6.54 Å². The lowest BCUT2D eigenvalue weighted by atomic mass is 10.3. The molecule has 0 aromatic heterocycles. The van der Waals surface area contributed by atoms with E-state index >= 15 is 0 Å². The van der Waals surface area contributed by atoms with E-state index in [4.69, 9.17) is 5.11 Å². The summed E-state index contributed by atoms with van der Waals surface area (Å²) in [7, 11) is 1.71. The summed E-state index contributed by atoms with van der Waals surface area (Å²) in [6.45, 7) is 0.568. The Balaban J connectivity index is 2.89. The topological polar surface area (TPSA) is 52.9 Å². The molecule has 1 aliphatic rings. The molecule has 0 aromatic rings. The molecule has 54 valence electrons. The highest BCUT2D eigenvalue weighted by Gasteiger charge is 2.15. The van der Waals surface area contributed by atoms with Crippen LogP contribution in [0.3, 0.4) is 0 Å². The average molecular weight is 140 g/mol. The smallest absolute Gasteiger partial charge is 0.296 e. The average Bonchev–Trinajstić information content (AvgIpc) is 1.88. The van der Waals surface area contributed by atoms with Crippen LogP contribution in [-0.2, 0) is 4.79 Å². The Morgan fingerprint density at radius 3 is 3.00 bits per heavy atom. The van der Waals surface area contributed by atoms with Crippen LogP contribution in [0.25, 0.3) is 0 Å². The van der Waals surface area contributed by atoms with E-state index in [0.29, 0.717) is 6.54 Å². The minimum absolute atomic E-state index is 0.238. The largest absolute Gasteiger partial charge is 0.513 e. The van der Waals surface area contributed by atoms with Crippen LogP contribution in [0, 0.1) is 0 Å². The second-order valence-corrected chi connectivity index (χ2v) is 2.01. The van der Waals surface area contributed by atoms with Gasteiger partial charge in [-0.25, -0.2) is 4.99 Å². The van der Waals surface area contributed by atoms with Gasteiger partial charge in [-0.3, -0.25) is 4.79 Å². The first-order valence-electron chi connectivity index (χ1n) is 2.88. The van der Waals surface area contributed by atoms with Crippen molar-refractivity contribution < 1.29 is 9.90 Å². The standard InChI is InChI=1S/C6H8N2O2/c1-8-3-2-7-6(10)5(8)4-9/h2,4,9H,3H2,1H3. The molecule has 4 nitrogen and oxygen atoms in total. The van der Waals surface area contributed by atoms with E-state index in [1.165, 1.54) is 6.21 Å². The number of hydrogen-bond acceptors (Lipinski definition) is 3. The Bertz CT molecular complexity index is 208. The first-order valence-corrected chi connectivity index (χ1v) is 2.88. The second-order valence-electron chi connectivity index (χ2n) is 2.01. The fourth-order valence-electron chi connectivity index (χ4n) is 0.728. The number of amides is 1. The number of rotatable bonds is 0. The first-order chi connectivity index (χ1) is 4.75. The van der Waals surface area contributed by atoms with E-state index in [9.17, 15) is 4.79 Å². The molecule has 1 heterocycles. The Morgan fingerprint density at radius 1 is 1.90 bits per heavy atom. The Morgan fingerprint density at radius 2 is 2.60 bits per heavy atom. The Labute approximate surface area is 58.5 Å². The molecule has 1 rings (SSSR count). The van der Waals surface area contributed by atoms with Crippen molar-refractivity contribution in [2.75, 3.05) is 13.6 Å².